The van der Waals surface area contributed by atoms with Crippen LogP contribution in [0, 0.1) is 0 Å². The first-order valence-electron chi connectivity index (χ1n) is 4.61. The minimum atomic E-state index is 0.0862. The molecule has 0 heterocycles. The van der Waals surface area contributed by atoms with Crippen LogP contribution in [0.2, 0.25) is 0 Å². The van der Waals surface area contributed by atoms with Crippen LogP contribution in [0.25, 0.3) is 5.57 Å². The van der Waals surface area contributed by atoms with Crippen molar-refractivity contribution in [1.29, 1.82) is 0 Å². The Morgan fingerprint density at radius 2 is 1.71 bits per heavy atom. The van der Waals surface area contributed by atoms with Gasteiger partial charge in [-0.15, -0.1) is 0 Å². The maximum atomic E-state index is 11.4. The Balaban J connectivity index is 3.21. The van der Waals surface area contributed by atoms with Gasteiger partial charge in [-0.2, -0.15) is 0 Å². The van der Waals surface area contributed by atoms with Crippen LogP contribution in [-0.2, 0) is 4.79 Å². The number of allylic oxidation sites excluding steroid dienone is 2. The lowest BCUT2D eigenvalue weighted by molar-refractivity contribution is -0.111. The molecule has 0 spiro atoms. The van der Waals surface area contributed by atoms with Crippen LogP contribution in [0.1, 0.15) is 19.4 Å². The van der Waals surface area contributed by atoms with Gasteiger partial charge in [-0.1, -0.05) is 30.3 Å². The average Bonchev–Trinajstić information content (AvgIpc) is 2.19. The van der Waals surface area contributed by atoms with Gasteiger partial charge in [0.05, 0.1) is 0 Å². The summed E-state index contributed by atoms with van der Waals surface area (Å²) < 4.78 is 0. The van der Waals surface area contributed by atoms with E-state index in [1.165, 1.54) is 0 Å². The maximum absolute atomic E-state index is 11.4. The number of hydrogen-bond donors (Lipinski definition) is 1. The Morgan fingerprint density at radius 1 is 1.14 bits per heavy atom. The second kappa shape index (κ2) is 4.61. The molecule has 0 saturated carbocycles. The summed E-state index contributed by atoms with van der Waals surface area (Å²) in [6, 6.07) is 9.69. The molecule has 0 aliphatic carbocycles. The highest BCUT2D eigenvalue weighted by molar-refractivity contribution is 6.20. The first-order valence-corrected chi connectivity index (χ1v) is 4.61. The summed E-state index contributed by atoms with van der Waals surface area (Å²) in [4.78, 5) is 11.4. The van der Waals surface area contributed by atoms with E-state index in [4.69, 9.17) is 0 Å². The average molecular weight is 189 g/mol. The Labute approximate surface area is 84.6 Å². The highest BCUT2D eigenvalue weighted by Crippen LogP contribution is 2.17. The summed E-state index contributed by atoms with van der Waals surface area (Å²) in [7, 11) is 1.82. The lowest BCUT2D eigenvalue weighted by Crippen LogP contribution is -2.09. The quantitative estimate of drug-likeness (QED) is 0.739. The number of nitrogens with one attached hydrogen (secondary N) is 1. The van der Waals surface area contributed by atoms with Gasteiger partial charge < -0.3 is 5.32 Å². The van der Waals surface area contributed by atoms with Crippen molar-refractivity contribution in [3.05, 3.63) is 41.6 Å². The molecule has 0 unspecified atom stereocenters. The van der Waals surface area contributed by atoms with Gasteiger partial charge in [-0.25, -0.2) is 0 Å². The van der Waals surface area contributed by atoms with E-state index in [0.717, 1.165) is 16.8 Å². The smallest absolute Gasteiger partial charge is 0.162 e. The molecule has 0 saturated heterocycles. The molecule has 0 amide bonds. The first kappa shape index (κ1) is 10.5. The van der Waals surface area contributed by atoms with Crippen LogP contribution in [-0.4, -0.2) is 12.8 Å². The predicted molar refractivity (Wildman–Crippen MR) is 58.8 cm³/mol. The van der Waals surface area contributed by atoms with E-state index in [1.807, 2.05) is 44.3 Å². The zero-order valence-electron chi connectivity index (χ0n) is 8.79. The SMILES string of the molecule is CNC(C)=C(C(C)=O)c1ccccc1. The normalized spacial score (nSPS) is 11.9. The van der Waals surface area contributed by atoms with E-state index < -0.39 is 0 Å². The monoisotopic (exact) mass is 189 g/mol. The minimum Gasteiger partial charge on any atom is -0.391 e. The molecule has 1 N–H and O–H groups in total. The molecule has 14 heavy (non-hydrogen) atoms. The molecule has 2 heteroatoms. The summed E-state index contributed by atoms with van der Waals surface area (Å²) in [6.07, 6.45) is 0. The number of carbonyl (C=O) groups excluding carboxylic acids is 1. The summed E-state index contributed by atoms with van der Waals surface area (Å²) in [5, 5.41) is 3.00. The van der Waals surface area contributed by atoms with Gasteiger partial charge >= 0.3 is 0 Å². The van der Waals surface area contributed by atoms with Gasteiger partial charge in [0, 0.05) is 18.3 Å². The third kappa shape index (κ3) is 2.22. The van der Waals surface area contributed by atoms with Crippen molar-refractivity contribution in [2.45, 2.75) is 13.8 Å². The van der Waals surface area contributed by atoms with Gasteiger partial charge in [-0.3, -0.25) is 4.79 Å². The van der Waals surface area contributed by atoms with E-state index in [2.05, 4.69) is 5.32 Å². The maximum Gasteiger partial charge on any atom is 0.162 e. The minimum absolute atomic E-state index is 0.0862. The Morgan fingerprint density at radius 3 is 2.14 bits per heavy atom. The van der Waals surface area contributed by atoms with Gasteiger partial charge in [0.2, 0.25) is 0 Å². The van der Waals surface area contributed by atoms with Crippen LogP contribution in [0.5, 0.6) is 0 Å². The number of ketones is 1. The molecule has 0 aromatic heterocycles. The summed E-state index contributed by atoms with van der Waals surface area (Å²) in [6.45, 7) is 3.49. The fourth-order valence-electron chi connectivity index (χ4n) is 1.41. The topological polar surface area (TPSA) is 29.1 Å². The highest BCUT2D eigenvalue weighted by Gasteiger charge is 2.09. The van der Waals surface area contributed by atoms with E-state index in [1.54, 1.807) is 6.92 Å². The molecule has 0 fully saturated rings. The number of hydrogen-bond acceptors (Lipinski definition) is 2. The summed E-state index contributed by atoms with van der Waals surface area (Å²) >= 11 is 0. The number of benzene rings is 1. The molecule has 1 rings (SSSR count). The largest absolute Gasteiger partial charge is 0.391 e. The standard InChI is InChI=1S/C12H15NO/c1-9(13-3)12(10(2)14)11-7-5-4-6-8-11/h4-8,13H,1-3H3. The molecular weight excluding hydrogens is 174 g/mol. The van der Waals surface area contributed by atoms with Crippen molar-refractivity contribution < 1.29 is 4.79 Å². The Kier molecular flexibility index (Phi) is 3.46. The fourth-order valence-corrected chi connectivity index (χ4v) is 1.41. The molecule has 1 aromatic carbocycles. The van der Waals surface area contributed by atoms with Crippen LogP contribution >= 0.6 is 0 Å². The summed E-state index contributed by atoms with van der Waals surface area (Å²) in [5.74, 6) is 0.0862. The molecule has 0 radical (unpaired) electrons. The predicted octanol–water partition coefficient (Wildman–Crippen LogP) is 2.23. The van der Waals surface area contributed by atoms with Gasteiger partial charge in [0.25, 0.3) is 0 Å². The lowest BCUT2D eigenvalue weighted by Gasteiger charge is -2.08. The Bertz CT molecular complexity index is 352. The van der Waals surface area contributed by atoms with E-state index in [9.17, 15) is 4.79 Å². The molecule has 74 valence electrons. The number of Topliss-reactive ketones (excluding diaryl/α,β-unsaturated/α-hetero) is 1. The van der Waals surface area contributed by atoms with Crippen LogP contribution in [0.3, 0.4) is 0 Å². The molecular formula is C12H15NO. The van der Waals surface area contributed by atoms with Crippen molar-refractivity contribution in [1.82, 2.24) is 5.32 Å². The van der Waals surface area contributed by atoms with Crippen LogP contribution < -0.4 is 5.32 Å². The van der Waals surface area contributed by atoms with Crippen molar-refractivity contribution in [3.63, 3.8) is 0 Å². The van der Waals surface area contributed by atoms with E-state index in [0.29, 0.717) is 0 Å². The zero-order valence-corrected chi connectivity index (χ0v) is 8.79. The summed E-state index contributed by atoms with van der Waals surface area (Å²) in [5.41, 5.74) is 2.63. The van der Waals surface area contributed by atoms with E-state index >= 15 is 0 Å². The van der Waals surface area contributed by atoms with Crippen LogP contribution in [0.4, 0.5) is 0 Å². The van der Waals surface area contributed by atoms with Crippen LogP contribution in [0.15, 0.2) is 36.0 Å². The Hall–Kier alpha value is -1.57. The molecule has 0 atom stereocenters. The second-order valence-electron chi connectivity index (χ2n) is 3.17. The molecule has 0 aliphatic rings. The molecule has 2 nitrogen and oxygen atoms in total. The van der Waals surface area contributed by atoms with Gasteiger partial charge in [-0.05, 0) is 19.4 Å². The highest BCUT2D eigenvalue weighted by atomic mass is 16.1. The van der Waals surface area contributed by atoms with Crippen molar-refractivity contribution in [3.8, 4) is 0 Å². The number of rotatable bonds is 3. The fraction of sp³-hybridized carbons (Fsp3) is 0.250. The zero-order chi connectivity index (χ0) is 10.6. The lowest BCUT2D eigenvalue weighted by atomic mass is 10.0. The molecule has 0 bridgehead atoms. The molecule has 0 aliphatic heterocycles. The third-order valence-corrected chi connectivity index (χ3v) is 2.16. The first-order chi connectivity index (χ1) is 6.66. The third-order valence-electron chi connectivity index (χ3n) is 2.16. The van der Waals surface area contributed by atoms with Crippen molar-refractivity contribution in [2.24, 2.45) is 0 Å². The van der Waals surface area contributed by atoms with Gasteiger partial charge in [0.1, 0.15) is 0 Å². The van der Waals surface area contributed by atoms with Crippen molar-refractivity contribution >= 4 is 11.4 Å². The molecule has 1 aromatic rings. The second-order valence-corrected chi connectivity index (χ2v) is 3.17. The van der Waals surface area contributed by atoms with Gasteiger partial charge in [0.15, 0.2) is 5.78 Å². The van der Waals surface area contributed by atoms with Crippen molar-refractivity contribution in [2.75, 3.05) is 7.05 Å². The van der Waals surface area contributed by atoms with E-state index in [-0.39, 0.29) is 5.78 Å². The number of carbonyl (C=O) groups is 1.